The first kappa shape index (κ1) is 18.3. The summed E-state index contributed by atoms with van der Waals surface area (Å²) in [5.74, 6) is -0.326. The summed E-state index contributed by atoms with van der Waals surface area (Å²) in [4.78, 5) is 26.5. The predicted molar refractivity (Wildman–Crippen MR) is 92.8 cm³/mol. The number of para-hydroxylation sites is 1. The maximum atomic E-state index is 12.7. The summed E-state index contributed by atoms with van der Waals surface area (Å²) in [7, 11) is 6.14. The lowest BCUT2D eigenvalue weighted by Gasteiger charge is -2.22. The first-order valence-electron chi connectivity index (χ1n) is 7.67. The van der Waals surface area contributed by atoms with Gasteiger partial charge in [0.25, 0.3) is 5.91 Å². The second kappa shape index (κ2) is 8.19. The van der Waals surface area contributed by atoms with E-state index in [0.29, 0.717) is 11.3 Å². The van der Waals surface area contributed by atoms with Crippen molar-refractivity contribution in [3.05, 3.63) is 59.7 Å². The van der Waals surface area contributed by atoms with Crippen molar-refractivity contribution in [3.63, 3.8) is 0 Å². The second-order valence-electron chi connectivity index (χ2n) is 5.47. The zero-order valence-electron chi connectivity index (χ0n) is 14.7. The van der Waals surface area contributed by atoms with Crippen molar-refractivity contribution < 1.29 is 23.8 Å². The van der Waals surface area contributed by atoms with E-state index in [-0.39, 0.29) is 17.2 Å². The van der Waals surface area contributed by atoms with E-state index in [0.717, 1.165) is 0 Å². The number of nitrogens with zero attached hydrogens (tertiary/aromatic N) is 1. The third kappa shape index (κ3) is 4.09. The number of methoxy groups -OCH3 is 2. The van der Waals surface area contributed by atoms with E-state index in [4.69, 9.17) is 14.2 Å². The smallest absolute Gasteiger partial charge is 0.343 e. The van der Waals surface area contributed by atoms with Gasteiger partial charge < -0.3 is 19.1 Å². The average Bonchev–Trinajstić information content (AvgIpc) is 2.65. The largest absolute Gasteiger partial charge is 0.493 e. The van der Waals surface area contributed by atoms with Gasteiger partial charge in [-0.05, 0) is 12.1 Å². The fourth-order valence-electron chi connectivity index (χ4n) is 2.34. The third-order valence-electron chi connectivity index (χ3n) is 3.62. The van der Waals surface area contributed by atoms with Crippen LogP contribution in [0.2, 0.25) is 0 Å². The molecule has 0 fully saturated rings. The van der Waals surface area contributed by atoms with Crippen LogP contribution in [0.15, 0.2) is 48.5 Å². The number of carbonyl (C=O) groups is 2. The molecule has 0 saturated carbocycles. The molecule has 0 radical (unpaired) electrons. The summed E-state index contributed by atoms with van der Waals surface area (Å²) in [5, 5.41) is 0. The van der Waals surface area contributed by atoms with E-state index in [1.54, 1.807) is 56.6 Å². The molecule has 0 bridgehead atoms. The van der Waals surface area contributed by atoms with Crippen LogP contribution in [0.25, 0.3) is 0 Å². The number of benzene rings is 2. The van der Waals surface area contributed by atoms with Crippen LogP contribution in [0.3, 0.4) is 0 Å². The Morgan fingerprint density at radius 1 is 0.920 bits per heavy atom. The molecule has 1 unspecified atom stereocenters. The Morgan fingerprint density at radius 2 is 1.60 bits per heavy atom. The Morgan fingerprint density at radius 3 is 2.16 bits per heavy atom. The van der Waals surface area contributed by atoms with Crippen LogP contribution < -0.4 is 9.47 Å². The quantitative estimate of drug-likeness (QED) is 0.755. The van der Waals surface area contributed by atoms with Crippen molar-refractivity contribution in [2.75, 3.05) is 28.3 Å². The van der Waals surface area contributed by atoms with Crippen LogP contribution in [-0.4, -0.2) is 45.1 Å². The summed E-state index contributed by atoms with van der Waals surface area (Å²) >= 11 is 0. The monoisotopic (exact) mass is 343 g/mol. The van der Waals surface area contributed by atoms with Crippen LogP contribution in [0.4, 0.5) is 0 Å². The fraction of sp³-hybridized carbons (Fsp3) is 0.263. The van der Waals surface area contributed by atoms with Gasteiger partial charge in [0.2, 0.25) is 6.10 Å². The highest BCUT2D eigenvalue weighted by molar-refractivity contribution is 5.95. The molecular formula is C19H21NO5. The number of ether oxygens (including phenoxy) is 3. The van der Waals surface area contributed by atoms with E-state index in [1.807, 2.05) is 6.07 Å². The Balaban J connectivity index is 2.37. The van der Waals surface area contributed by atoms with Gasteiger partial charge in [-0.1, -0.05) is 36.4 Å². The topological polar surface area (TPSA) is 65.1 Å². The zero-order valence-corrected chi connectivity index (χ0v) is 14.7. The Hall–Kier alpha value is -3.02. The van der Waals surface area contributed by atoms with Gasteiger partial charge in [0, 0.05) is 19.7 Å². The van der Waals surface area contributed by atoms with Crippen molar-refractivity contribution in [2.45, 2.75) is 6.10 Å². The Kier molecular flexibility index (Phi) is 6.00. The van der Waals surface area contributed by atoms with Crippen molar-refractivity contribution in [3.8, 4) is 11.5 Å². The van der Waals surface area contributed by atoms with Crippen LogP contribution >= 0.6 is 0 Å². The minimum absolute atomic E-state index is 0.189. The standard InChI is InChI=1S/C19H21NO5/c1-20(2)18(21)16(13-9-6-5-7-10-13)25-19(22)14-11-8-12-15(23-3)17(14)24-4/h5-12,16H,1-4H3. The van der Waals surface area contributed by atoms with Gasteiger partial charge in [-0.15, -0.1) is 0 Å². The molecule has 0 N–H and O–H groups in total. The molecule has 2 aromatic rings. The molecule has 2 aromatic carbocycles. The number of likely N-dealkylation sites (N-methyl/N-ethyl adjacent to an activating group) is 1. The highest BCUT2D eigenvalue weighted by atomic mass is 16.6. The maximum Gasteiger partial charge on any atom is 0.343 e. The second-order valence-corrected chi connectivity index (χ2v) is 5.47. The van der Waals surface area contributed by atoms with Gasteiger partial charge in [0.1, 0.15) is 5.56 Å². The van der Waals surface area contributed by atoms with E-state index >= 15 is 0 Å². The first-order chi connectivity index (χ1) is 12.0. The molecule has 0 aliphatic rings. The van der Waals surface area contributed by atoms with Gasteiger partial charge >= 0.3 is 5.97 Å². The molecule has 0 spiro atoms. The molecule has 0 aliphatic heterocycles. The van der Waals surface area contributed by atoms with Gasteiger partial charge in [0.05, 0.1) is 14.2 Å². The molecule has 0 saturated heterocycles. The summed E-state index contributed by atoms with van der Waals surface area (Å²) < 4.78 is 16.0. The van der Waals surface area contributed by atoms with Gasteiger partial charge in [-0.2, -0.15) is 0 Å². The molecule has 2 rings (SSSR count). The van der Waals surface area contributed by atoms with E-state index in [9.17, 15) is 9.59 Å². The maximum absolute atomic E-state index is 12.7. The Bertz CT molecular complexity index is 743. The lowest BCUT2D eigenvalue weighted by molar-refractivity contribution is -0.138. The number of rotatable bonds is 6. The first-order valence-corrected chi connectivity index (χ1v) is 7.67. The number of hydrogen-bond acceptors (Lipinski definition) is 5. The van der Waals surface area contributed by atoms with Crippen LogP contribution in [0, 0.1) is 0 Å². The lowest BCUT2D eigenvalue weighted by Crippen LogP contribution is -2.31. The third-order valence-corrected chi connectivity index (χ3v) is 3.62. The van der Waals surface area contributed by atoms with Gasteiger partial charge in [0.15, 0.2) is 11.5 Å². The molecule has 0 aromatic heterocycles. The van der Waals surface area contributed by atoms with E-state index in [2.05, 4.69) is 0 Å². The molecule has 0 aliphatic carbocycles. The molecule has 6 nitrogen and oxygen atoms in total. The molecule has 25 heavy (non-hydrogen) atoms. The van der Waals surface area contributed by atoms with E-state index in [1.165, 1.54) is 19.1 Å². The van der Waals surface area contributed by atoms with Crippen molar-refractivity contribution in [1.29, 1.82) is 0 Å². The number of carbonyl (C=O) groups excluding carboxylic acids is 2. The lowest BCUT2D eigenvalue weighted by atomic mass is 10.1. The van der Waals surface area contributed by atoms with Gasteiger partial charge in [-0.3, -0.25) is 4.79 Å². The van der Waals surface area contributed by atoms with Crippen molar-refractivity contribution in [1.82, 2.24) is 4.90 Å². The van der Waals surface area contributed by atoms with Crippen molar-refractivity contribution in [2.24, 2.45) is 0 Å². The molecule has 1 amide bonds. The average molecular weight is 343 g/mol. The summed E-state index contributed by atoms with van der Waals surface area (Å²) in [6.07, 6.45) is -1.04. The fourth-order valence-corrected chi connectivity index (χ4v) is 2.34. The predicted octanol–water partition coefficient (Wildman–Crippen LogP) is 2.69. The summed E-state index contributed by atoms with van der Waals surface area (Å²) in [6.45, 7) is 0. The molecular weight excluding hydrogens is 322 g/mol. The number of amides is 1. The summed E-state index contributed by atoms with van der Waals surface area (Å²) in [5.41, 5.74) is 0.783. The van der Waals surface area contributed by atoms with Crippen LogP contribution in [0.5, 0.6) is 11.5 Å². The number of esters is 1. The highest BCUT2D eigenvalue weighted by Crippen LogP contribution is 2.32. The molecule has 132 valence electrons. The summed E-state index contributed by atoms with van der Waals surface area (Å²) in [6, 6.07) is 13.8. The molecule has 0 heterocycles. The normalized spacial score (nSPS) is 11.4. The Labute approximate surface area is 146 Å². The SMILES string of the molecule is COc1cccc(C(=O)OC(C(=O)N(C)C)c2ccccc2)c1OC. The van der Waals surface area contributed by atoms with Crippen molar-refractivity contribution >= 4 is 11.9 Å². The van der Waals surface area contributed by atoms with E-state index < -0.39 is 12.1 Å². The highest BCUT2D eigenvalue weighted by Gasteiger charge is 2.28. The van der Waals surface area contributed by atoms with Crippen LogP contribution in [-0.2, 0) is 9.53 Å². The van der Waals surface area contributed by atoms with Crippen LogP contribution in [0.1, 0.15) is 22.0 Å². The van der Waals surface area contributed by atoms with Gasteiger partial charge in [-0.25, -0.2) is 4.79 Å². The minimum Gasteiger partial charge on any atom is -0.493 e. The molecule has 1 atom stereocenters. The molecule has 6 heteroatoms. The minimum atomic E-state index is -1.04. The zero-order chi connectivity index (χ0) is 18.4. The number of hydrogen-bond donors (Lipinski definition) is 0.